The van der Waals surface area contributed by atoms with Crippen LogP contribution in [-0.4, -0.2) is 0 Å². The third-order valence-corrected chi connectivity index (χ3v) is 3.14. The smallest absolute Gasteiger partial charge is 0.150 e. The van der Waals surface area contributed by atoms with Gasteiger partial charge in [0.1, 0.15) is 11.6 Å². The number of hydrogen-bond donors (Lipinski definition) is 2. The van der Waals surface area contributed by atoms with Gasteiger partial charge in [0.25, 0.3) is 0 Å². The van der Waals surface area contributed by atoms with Gasteiger partial charge in [-0.15, -0.1) is 0 Å². The Morgan fingerprint density at radius 2 is 1.89 bits per heavy atom. The third-order valence-electron chi connectivity index (χ3n) is 2.52. The Balaban J connectivity index is 2.19. The molecule has 2 rings (SSSR count). The average Bonchev–Trinajstić information content (AvgIpc) is 2.30. The van der Waals surface area contributed by atoms with Crippen molar-refractivity contribution >= 4 is 27.3 Å². The summed E-state index contributed by atoms with van der Waals surface area (Å²) < 4.78 is 26.8. The van der Waals surface area contributed by atoms with E-state index in [0.29, 0.717) is 16.7 Å². The highest BCUT2D eigenvalue weighted by Crippen LogP contribution is 2.27. The second-order valence-corrected chi connectivity index (χ2v) is 4.65. The van der Waals surface area contributed by atoms with Crippen molar-refractivity contribution in [1.82, 2.24) is 0 Å². The first-order valence-corrected chi connectivity index (χ1v) is 6.09. The topological polar surface area (TPSA) is 38.0 Å². The molecular weight excluding hydrogens is 302 g/mol. The molecule has 0 aromatic heterocycles. The molecule has 0 unspecified atom stereocenters. The van der Waals surface area contributed by atoms with Gasteiger partial charge in [-0.05, 0) is 33.6 Å². The van der Waals surface area contributed by atoms with Gasteiger partial charge in [0.15, 0.2) is 0 Å². The lowest BCUT2D eigenvalue weighted by atomic mass is 10.2. The van der Waals surface area contributed by atoms with Crippen molar-refractivity contribution in [3.8, 4) is 0 Å². The van der Waals surface area contributed by atoms with E-state index >= 15 is 0 Å². The first kappa shape index (κ1) is 12.8. The van der Waals surface area contributed by atoms with Crippen LogP contribution in [0.4, 0.5) is 20.2 Å². The second-order valence-electron chi connectivity index (χ2n) is 3.80. The molecule has 0 fully saturated rings. The maximum Gasteiger partial charge on any atom is 0.150 e. The largest absolute Gasteiger partial charge is 0.398 e. The van der Waals surface area contributed by atoms with Crippen LogP contribution in [0.15, 0.2) is 40.9 Å². The van der Waals surface area contributed by atoms with Gasteiger partial charge < -0.3 is 11.1 Å². The van der Waals surface area contributed by atoms with Crippen molar-refractivity contribution in [2.24, 2.45) is 0 Å². The molecule has 0 aliphatic rings. The molecule has 5 heteroatoms. The quantitative estimate of drug-likeness (QED) is 0.843. The molecule has 18 heavy (non-hydrogen) atoms. The minimum Gasteiger partial charge on any atom is -0.398 e. The molecule has 2 aromatic rings. The number of nitrogens with two attached hydrogens (primary N) is 1. The van der Waals surface area contributed by atoms with Crippen LogP contribution in [0.3, 0.4) is 0 Å². The molecule has 2 nitrogen and oxygen atoms in total. The number of hydrogen-bond acceptors (Lipinski definition) is 2. The predicted molar refractivity (Wildman–Crippen MR) is 72.2 cm³/mol. The molecule has 0 atom stereocenters. The normalized spacial score (nSPS) is 10.4. The maximum absolute atomic E-state index is 13.6. The van der Waals surface area contributed by atoms with E-state index in [1.54, 1.807) is 6.07 Å². The fourth-order valence-corrected chi connectivity index (χ4v) is 2.14. The molecule has 0 saturated carbocycles. The van der Waals surface area contributed by atoms with Crippen LogP contribution >= 0.6 is 15.9 Å². The summed E-state index contributed by atoms with van der Waals surface area (Å²) in [7, 11) is 0. The summed E-state index contributed by atoms with van der Waals surface area (Å²) in [6.07, 6.45) is 0. The monoisotopic (exact) mass is 312 g/mol. The molecule has 0 bridgehead atoms. The Morgan fingerprint density at radius 3 is 2.56 bits per heavy atom. The third kappa shape index (κ3) is 2.79. The molecule has 3 N–H and O–H groups in total. The fourth-order valence-electron chi connectivity index (χ4n) is 1.59. The van der Waals surface area contributed by atoms with Gasteiger partial charge in [-0.3, -0.25) is 0 Å². The Hall–Kier alpha value is -1.62. The number of para-hydroxylation sites is 1. The fraction of sp³-hybridized carbons (Fsp3) is 0.0769. The number of halogens is 3. The summed E-state index contributed by atoms with van der Waals surface area (Å²) in [5.41, 5.74) is 7.48. The lowest BCUT2D eigenvalue weighted by Crippen LogP contribution is -2.05. The summed E-state index contributed by atoms with van der Waals surface area (Å²) in [5.74, 6) is -1.26. The maximum atomic E-state index is 13.6. The number of nitrogens with one attached hydrogen (secondary N) is 1. The van der Waals surface area contributed by atoms with Crippen LogP contribution < -0.4 is 11.1 Å². The van der Waals surface area contributed by atoms with Crippen molar-refractivity contribution in [3.63, 3.8) is 0 Å². The Bertz CT molecular complexity index is 550. The van der Waals surface area contributed by atoms with Gasteiger partial charge in [0.2, 0.25) is 0 Å². The molecule has 0 aliphatic carbocycles. The van der Waals surface area contributed by atoms with E-state index in [0.717, 1.165) is 11.6 Å². The van der Waals surface area contributed by atoms with Crippen molar-refractivity contribution < 1.29 is 8.78 Å². The van der Waals surface area contributed by atoms with E-state index in [2.05, 4.69) is 21.2 Å². The summed E-state index contributed by atoms with van der Waals surface area (Å²) in [6, 6.07) is 9.34. The zero-order chi connectivity index (χ0) is 13.1. The van der Waals surface area contributed by atoms with E-state index in [9.17, 15) is 8.78 Å². The highest BCUT2D eigenvalue weighted by Gasteiger charge is 2.09. The number of rotatable bonds is 3. The summed E-state index contributed by atoms with van der Waals surface area (Å²) >= 11 is 3.12. The number of anilines is 2. The van der Waals surface area contributed by atoms with Crippen LogP contribution in [0.2, 0.25) is 0 Å². The second kappa shape index (κ2) is 5.35. The zero-order valence-electron chi connectivity index (χ0n) is 9.38. The van der Waals surface area contributed by atoms with Crippen molar-refractivity contribution in [2.75, 3.05) is 11.1 Å². The van der Waals surface area contributed by atoms with Crippen LogP contribution in [0.1, 0.15) is 5.56 Å². The van der Waals surface area contributed by atoms with Gasteiger partial charge in [-0.1, -0.05) is 18.2 Å². The highest BCUT2D eigenvalue weighted by atomic mass is 79.9. The van der Waals surface area contributed by atoms with E-state index in [4.69, 9.17) is 5.73 Å². The molecule has 0 amide bonds. The first-order valence-electron chi connectivity index (χ1n) is 5.29. The molecule has 0 saturated heterocycles. The van der Waals surface area contributed by atoms with E-state index < -0.39 is 11.6 Å². The molecule has 0 heterocycles. The summed E-state index contributed by atoms with van der Waals surface area (Å²) in [6.45, 7) is 0.369. The molecule has 0 aliphatic heterocycles. The van der Waals surface area contributed by atoms with Gasteiger partial charge >= 0.3 is 0 Å². The SMILES string of the molecule is Nc1ccccc1CNc1c(F)cc(F)cc1Br. The summed E-state index contributed by atoms with van der Waals surface area (Å²) in [4.78, 5) is 0. The lowest BCUT2D eigenvalue weighted by molar-refractivity contribution is 0.583. The van der Waals surface area contributed by atoms with Crippen LogP contribution in [-0.2, 0) is 6.54 Å². The standard InChI is InChI=1S/C13H11BrF2N2/c14-10-5-9(15)6-11(16)13(10)18-7-8-3-1-2-4-12(8)17/h1-6,18H,7,17H2. The van der Waals surface area contributed by atoms with Crippen molar-refractivity contribution in [2.45, 2.75) is 6.54 Å². The van der Waals surface area contributed by atoms with Gasteiger partial charge in [0, 0.05) is 22.8 Å². The van der Waals surface area contributed by atoms with Gasteiger partial charge in [-0.2, -0.15) is 0 Å². The average molecular weight is 313 g/mol. The van der Waals surface area contributed by atoms with Gasteiger partial charge in [-0.25, -0.2) is 8.78 Å². The first-order chi connectivity index (χ1) is 8.58. The van der Waals surface area contributed by atoms with E-state index in [1.165, 1.54) is 6.07 Å². The number of nitrogen functional groups attached to an aromatic ring is 1. The van der Waals surface area contributed by atoms with Crippen LogP contribution in [0.5, 0.6) is 0 Å². The molecule has 2 aromatic carbocycles. The molecule has 94 valence electrons. The van der Waals surface area contributed by atoms with Crippen molar-refractivity contribution in [1.29, 1.82) is 0 Å². The zero-order valence-corrected chi connectivity index (χ0v) is 11.0. The lowest BCUT2D eigenvalue weighted by Gasteiger charge is -2.11. The Labute approximate surface area is 112 Å². The molecule has 0 spiro atoms. The van der Waals surface area contributed by atoms with Crippen molar-refractivity contribution in [3.05, 3.63) is 58.1 Å². The Kier molecular flexibility index (Phi) is 3.81. The highest BCUT2D eigenvalue weighted by molar-refractivity contribution is 9.10. The minimum atomic E-state index is -0.642. The minimum absolute atomic E-state index is 0.222. The van der Waals surface area contributed by atoms with E-state index in [-0.39, 0.29) is 5.69 Å². The summed E-state index contributed by atoms with van der Waals surface area (Å²) in [5, 5.41) is 2.90. The molecular formula is C13H11BrF2N2. The molecule has 0 radical (unpaired) electrons. The van der Waals surface area contributed by atoms with Crippen LogP contribution in [0.25, 0.3) is 0 Å². The van der Waals surface area contributed by atoms with E-state index in [1.807, 2.05) is 18.2 Å². The Morgan fingerprint density at radius 1 is 1.17 bits per heavy atom. The van der Waals surface area contributed by atoms with Gasteiger partial charge in [0.05, 0.1) is 5.69 Å². The van der Waals surface area contributed by atoms with Crippen LogP contribution in [0, 0.1) is 11.6 Å². The number of benzene rings is 2. The predicted octanol–water partition coefficient (Wildman–Crippen LogP) is 3.92.